The van der Waals surface area contributed by atoms with Gasteiger partial charge in [0.05, 0.1) is 13.2 Å². The number of nitrogens with zero attached hydrogens (tertiary/aromatic N) is 2. The molecule has 1 aliphatic heterocycles. The summed E-state index contributed by atoms with van der Waals surface area (Å²) in [6.07, 6.45) is 0.392. The molecule has 1 fully saturated rings. The predicted molar refractivity (Wildman–Crippen MR) is 115 cm³/mol. The van der Waals surface area contributed by atoms with E-state index in [1.807, 2.05) is 24.0 Å². The normalized spacial score (nSPS) is 15.7. The highest BCUT2D eigenvalue weighted by atomic mass is 19.4. The average Bonchev–Trinajstić information content (AvgIpc) is 2.93. The first-order chi connectivity index (χ1) is 14.9. The van der Waals surface area contributed by atoms with E-state index in [-0.39, 0.29) is 12.5 Å². The van der Waals surface area contributed by atoms with Gasteiger partial charge in [0.25, 0.3) is 0 Å². The minimum Gasteiger partial charge on any atom is -0.367 e. The number of carbonyl (C=O) groups excluding carboxylic acids is 1. The molecule has 0 bridgehead atoms. The third kappa shape index (κ3) is 10.5. The van der Waals surface area contributed by atoms with Crippen molar-refractivity contribution in [2.75, 3.05) is 32.8 Å². The number of carbonyl (C=O) groups is 1. The molecule has 0 aromatic heterocycles. The van der Waals surface area contributed by atoms with Gasteiger partial charge in [0.1, 0.15) is 6.61 Å². The van der Waals surface area contributed by atoms with Gasteiger partial charge in [-0.15, -0.1) is 0 Å². The molecule has 1 aromatic rings. The lowest BCUT2D eigenvalue weighted by Gasteiger charge is -2.20. The maximum absolute atomic E-state index is 12.1. The summed E-state index contributed by atoms with van der Waals surface area (Å²) < 4.78 is 41.1. The molecule has 1 aromatic carbocycles. The third-order valence-electron chi connectivity index (χ3n) is 4.89. The van der Waals surface area contributed by atoms with Crippen molar-refractivity contribution >= 4 is 11.9 Å². The number of ether oxygens (including phenoxy) is 1. The molecule has 1 heterocycles. The van der Waals surface area contributed by atoms with Crippen LogP contribution in [0.25, 0.3) is 0 Å². The highest BCUT2D eigenvalue weighted by Crippen LogP contribution is 2.16. The fourth-order valence-corrected chi connectivity index (χ4v) is 3.29. The lowest BCUT2D eigenvalue weighted by Crippen LogP contribution is -2.39. The molecule has 174 valence electrons. The van der Waals surface area contributed by atoms with Gasteiger partial charge in [-0.25, -0.2) is 4.99 Å². The van der Waals surface area contributed by atoms with Crippen molar-refractivity contribution in [2.24, 2.45) is 4.99 Å². The van der Waals surface area contributed by atoms with E-state index < -0.39 is 12.8 Å². The quantitative estimate of drug-likeness (QED) is 0.330. The van der Waals surface area contributed by atoms with Gasteiger partial charge in [-0.2, -0.15) is 13.2 Å². The second-order valence-corrected chi connectivity index (χ2v) is 7.59. The van der Waals surface area contributed by atoms with Crippen LogP contribution in [0.15, 0.2) is 29.3 Å². The van der Waals surface area contributed by atoms with Crippen LogP contribution in [-0.4, -0.2) is 55.7 Å². The molecular weight excluding hydrogens is 409 g/mol. The smallest absolute Gasteiger partial charge is 0.367 e. The Kier molecular flexibility index (Phi) is 10.6. The topological polar surface area (TPSA) is 66.0 Å². The van der Waals surface area contributed by atoms with Crippen molar-refractivity contribution < 1.29 is 22.7 Å². The van der Waals surface area contributed by atoms with E-state index in [1.165, 1.54) is 0 Å². The van der Waals surface area contributed by atoms with E-state index in [0.717, 1.165) is 50.9 Å². The Hall–Kier alpha value is -2.29. The minimum atomic E-state index is -4.31. The first-order valence-corrected chi connectivity index (χ1v) is 10.9. The summed E-state index contributed by atoms with van der Waals surface area (Å²) in [5.74, 6) is 0.951. The Morgan fingerprint density at radius 3 is 2.58 bits per heavy atom. The summed E-state index contributed by atoms with van der Waals surface area (Å²) >= 11 is 0. The highest BCUT2D eigenvalue weighted by molar-refractivity contribution is 5.79. The molecule has 1 aliphatic rings. The van der Waals surface area contributed by atoms with E-state index in [4.69, 9.17) is 0 Å². The zero-order valence-electron chi connectivity index (χ0n) is 18.1. The Morgan fingerprint density at radius 1 is 1.13 bits per heavy atom. The van der Waals surface area contributed by atoms with Crippen molar-refractivity contribution in [1.29, 1.82) is 0 Å². The molecule has 1 saturated heterocycles. The van der Waals surface area contributed by atoms with Crippen LogP contribution in [0.2, 0.25) is 0 Å². The number of hydrogen-bond donors (Lipinski definition) is 2. The zero-order chi connectivity index (χ0) is 22.5. The fraction of sp³-hybridized carbons (Fsp3) is 0.636. The summed E-state index contributed by atoms with van der Waals surface area (Å²) in [7, 11) is 0. The van der Waals surface area contributed by atoms with Gasteiger partial charge in [0.2, 0.25) is 5.91 Å². The van der Waals surface area contributed by atoms with Gasteiger partial charge in [-0.3, -0.25) is 4.79 Å². The number of halogens is 3. The molecule has 9 heteroatoms. The number of hydrogen-bond acceptors (Lipinski definition) is 3. The molecule has 6 nitrogen and oxygen atoms in total. The highest BCUT2D eigenvalue weighted by Gasteiger charge is 2.27. The molecule has 1 amide bonds. The van der Waals surface area contributed by atoms with Crippen LogP contribution in [0.4, 0.5) is 13.2 Å². The molecule has 31 heavy (non-hydrogen) atoms. The van der Waals surface area contributed by atoms with Gasteiger partial charge in [0, 0.05) is 32.6 Å². The third-order valence-corrected chi connectivity index (χ3v) is 4.89. The van der Waals surface area contributed by atoms with Crippen molar-refractivity contribution in [3.63, 3.8) is 0 Å². The summed E-state index contributed by atoms with van der Waals surface area (Å²) in [6, 6.07) is 7.17. The maximum atomic E-state index is 12.1. The maximum Gasteiger partial charge on any atom is 0.411 e. The van der Waals surface area contributed by atoms with Crippen LogP contribution >= 0.6 is 0 Å². The van der Waals surface area contributed by atoms with Crippen LogP contribution < -0.4 is 10.6 Å². The Balaban J connectivity index is 1.75. The second kappa shape index (κ2) is 13.2. The first-order valence-electron chi connectivity index (χ1n) is 10.9. The number of benzene rings is 1. The van der Waals surface area contributed by atoms with Crippen LogP contribution in [-0.2, 0) is 22.7 Å². The van der Waals surface area contributed by atoms with Crippen LogP contribution in [0, 0.1) is 0 Å². The van der Waals surface area contributed by atoms with Gasteiger partial charge in [0.15, 0.2) is 5.96 Å². The molecule has 0 atom stereocenters. The SMILES string of the molecule is CCNC(=NCc1ccc(COCC(F)(F)F)cc1)NCCCN1CCCCCC1=O. The molecule has 0 spiro atoms. The first kappa shape index (κ1) is 25.0. The minimum absolute atomic E-state index is 0.0766. The van der Waals surface area contributed by atoms with Crippen LogP contribution in [0.3, 0.4) is 0 Å². The average molecular weight is 443 g/mol. The Labute approximate surface area is 182 Å². The number of rotatable bonds is 10. The van der Waals surface area contributed by atoms with Crippen molar-refractivity contribution in [1.82, 2.24) is 15.5 Å². The van der Waals surface area contributed by atoms with Gasteiger partial charge in [-0.05, 0) is 37.3 Å². The summed E-state index contributed by atoms with van der Waals surface area (Å²) in [4.78, 5) is 18.6. The van der Waals surface area contributed by atoms with E-state index >= 15 is 0 Å². The lowest BCUT2D eigenvalue weighted by molar-refractivity contribution is -0.176. The summed E-state index contributed by atoms with van der Waals surface area (Å²) in [5, 5.41) is 6.48. The van der Waals surface area contributed by atoms with Gasteiger partial charge < -0.3 is 20.3 Å². The molecule has 0 saturated carbocycles. The van der Waals surface area contributed by atoms with Crippen molar-refractivity contribution in [3.8, 4) is 0 Å². The molecule has 0 radical (unpaired) electrons. The number of amides is 1. The molecule has 2 rings (SSSR count). The van der Waals surface area contributed by atoms with Crippen molar-refractivity contribution in [2.45, 2.75) is 58.4 Å². The van der Waals surface area contributed by atoms with Gasteiger partial charge in [-0.1, -0.05) is 30.7 Å². The summed E-state index contributed by atoms with van der Waals surface area (Å²) in [5.41, 5.74) is 1.64. The largest absolute Gasteiger partial charge is 0.411 e. The van der Waals surface area contributed by atoms with Crippen LogP contribution in [0.5, 0.6) is 0 Å². The second-order valence-electron chi connectivity index (χ2n) is 7.59. The molecule has 0 unspecified atom stereocenters. The van der Waals surface area contributed by atoms with E-state index in [0.29, 0.717) is 31.0 Å². The summed E-state index contributed by atoms with van der Waals surface area (Å²) in [6.45, 7) is 4.16. The van der Waals surface area contributed by atoms with Gasteiger partial charge >= 0.3 is 6.18 Å². The lowest BCUT2D eigenvalue weighted by atomic mass is 10.1. The monoisotopic (exact) mass is 442 g/mol. The number of nitrogens with one attached hydrogen (secondary N) is 2. The van der Waals surface area contributed by atoms with E-state index in [1.54, 1.807) is 12.1 Å². The Bertz CT molecular complexity index is 693. The van der Waals surface area contributed by atoms with Crippen LogP contribution in [0.1, 0.15) is 50.2 Å². The van der Waals surface area contributed by atoms with Crippen molar-refractivity contribution in [3.05, 3.63) is 35.4 Å². The molecule has 0 aliphatic carbocycles. The predicted octanol–water partition coefficient (Wildman–Crippen LogP) is 3.61. The number of likely N-dealkylation sites (tertiary alicyclic amines) is 1. The number of guanidine groups is 1. The number of aliphatic imine (C=N–C) groups is 1. The Morgan fingerprint density at radius 2 is 1.87 bits per heavy atom. The number of alkyl halides is 3. The molecular formula is C22H33F3N4O2. The van der Waals surface area contributed by atoms with E-state index in [2.05, 4.69) is 20.4 Å². The standard InChI is InChI=1S/C22H33F3N4O2/c1-2-26-21(27-12-6-14-29-13-5-3-4-7-20(29)30)28-15-18-8-10-19(11-9-18)16-31-17-22(23,24)25/h8-11H,2-7,12-17H2,1H3,(H2,26,27,28). The zero-order valence-corrected chi connectivity index (χ0v) is 18.1. The van der Waals surface area contributed by atoms with E-state index in [9.17, 15) is 18.0 Å². The molecule has 2 N–H and O–H groups in total. The fourth-order valence-electron chi connectivity index (χ4n) is 3.29.